The molecule has 0 radical (unpaired) electrons. The Morgan fingerprint density at radius 1 is 1.11 bits per heavy atom. The van der Waals surface area contributed by atoms with Crippen LogP contribution in [0.1, 0.15) is 12.8 Å². The number of nitrogens with one attached hydrogen (secondary N) is 3. The number of nitriles is 1. The molecule has 0 atom stereocenters. The molecule has 0 aliphatic carbocycles. The van der Waals surface area contributed by atoms with Gasteiger partial charge in [0, 0.05) is 57.4 Å². The zero-order valence-electron chi connectivity index (χ0n) is 19.5. The maximum absolute atomic E-state index is 12.5. The van der Waals surface area contributed by atoms with E-state index < -0.39 is 0 Å². The van der Waals surface area contributed by atoms with E-state index in [9.17, 15) is 10.1 Å². The van der Waals surface area contributed by atoms with Gasteiger partial charge in [0.05, 0.1) is 12.3 Å². The van der Waals surface area contributed by atoms with E-state index >= 15 is 0 Å². The average Bonchev–Trinajstić information content (AvgIpc) is 2.90. The Kier molecular flexibility index (Phi) is 7.02. The highest BCUT2D eigenvalue weighted by molar-refractivity contribution is 5.90. The number of fused-ring (bicyclic) bond motifs is 1. The molecule has 1 aromatic carbocycles. The number of aromatic nitrogens is 4. The highest BCUT2D eigenvalue weighted by atomic mass is 16.5. The molecular formula is C24H29N9O2. The highest BCUT2D eigenvalue weighted by Crippen LogP contribution is 2.27. The zero-order chi connectivity index (χ0) is 24.0. The lowest BCUT2D eigenvalue weighted by molar-refractivity contribution is 0.191. The number of hydrogen-bond acceptors (Lipinski definition) is 10. The van der Waals surface area contributed by atoms with Crippen molar-refractivity contribution < 1.29 is 4.74 Å². The third-order valence-electron chi connectivity index (χ3n) is 6.47. The van der Waals surface area contributed by atoms with Crippen LogP contribution in [0.2, 0.25) is 0 Å². The molecule has 0 saturated carbocycles. The van der Waals surface area contributed by atoms with Crippen LogP contribution < -0.4 is 25.8 Å². The van der Waals surface area contributed by atoms with Crippen LogP contribution in [0.25, 0.3) is 10.9 Å². The van der Waals surface area contributed by atoms with Crippen molar-refractivity contribution in [2.75, 3.05) is 62.6 Å². The fourth-order valence-corrected chi connectivity index (χ4v) is 4.43. The Bertz CT molecular complexity index is 1240. The zero-order valence-corrected chi connectivity index (χ0v) is 19.5. The molecule has 11 nitrogen and oxygen atoms in total. The summed E-state index contributed by atoms with van der Waals surface area (Å²) in [5.41, 5.74) is 0.897. The van der Waals surface area contributed by atoms with Crippen molar-refractivity contribution >= 4 is 28.4 Å². The van der Waals surface area contributed by atoms with E-state index in [0.717, 1.165) is 57.0 Å². The second-order valence-electron chi connectivity index (χ2n) is 8.81. The number of piperidine rings is 1. The van der Waals surface area contributed by atoms with E-state index in [4.69, 9.17) is 4.74 Å². The van der Waals surface area contributed by atoms with Crippen molar-refractivity contribution in [1.82, 2.24) is 30.4 Å². The minimum atomic E-state index is -0.354. The van der Waals surface area contributed by atoms with Gasteiger partial charge in [0.25, 0.3) is 5.56 Å². The summed E-state index contributed by atoms with van der Waals surface area (Å²) in [6.07, 6.45) is 3.07. The summed E-state index contributed by atoms with van der Waals surface area (Å²) in [5, 5.41) is 22.5. The van der Waals surface area contributed by atoms with Crippen LogP contribution in [-0.2, 0) is 0 Å². The van der Waals surface area contributed by atoms with Crippen LogP contribution in [0.4, 0.5) is 17.5 Å². The first-order chi connectivity index (χ1) is 17.2. The maximum Gasteiger partial charge on any atom is 0.277 e. The minimum Gasteiger partial charge on any atom is -0.492 e. The van der Waals surface area contributed by atoms with Gasteiger partial charge in [0.2, 0.25) is 5.95 Å². The predicted octanol–water partition coefficient (Wildman–Crippen LogP) is 1.48. The van der Waals surface area contributed by atoms with Gasteiger partial charge in [-0.1, -0.05) is 0 Å². The summed E-state index contributed by atoms with van der Waals surface area (Å²) in [5.74, 6) is 1.80. The van der Waals surface area contributed by atoms with Crippen LogP contribution in [0.3, 0.4) is 0 Å². The monoisotopic (exact) mass is 475 g/mol. The quantitative estimate of drug-likeness (QED) is 0.461. The van der Waals surface area contributed by atoms with E-state index in [0.29, 0.717) is 42.4 Å². The molecule has 0 bridgehead atoms. The van der Waals surface area contributed by atoms with Crippen molar-refractivity contribution in [2.45, 2.75) is 12.8 Å². The molecule has 5 rings (SSSR count). The highest BCUT2D eigenvalue weighted by Gasteiger charge is 2.22. The number of benzene rings is 1. The van der Waals surface area contributed by atoms with Crippen molar-refractivity contribution in [1.29, 1.82) is 5.26 Å². The Balaban J connectivity index is 1.30. The molecule has 3 aromatic rings. The Labute approximate surface area is 203 Å². The van der Waals surface area contributed by atoms with Crippen LogP contribution in [0.5, 0.6) is 5.75 Å². The lowest BCUT2D eigenvalue weighted by Gasteiger charge is -2.29. The summed E-state index contributed by atoms with van der Waals surface area (Å²) in [6, 6.07) is 9.96. The number of anilines is 3. The smallest absolute Gasteiger partial charge is 0.277 e. The van der Waals surface area contributed by atoms with Gasteiger partial charge in [0.15, 0.2) is 0 Å². The molecular weight excluding hydrogens is 446 g/mol. The number of H-pyrrole nitrogens is 1. The first-order valence-corrected chi connectivity index (χ1v) is 12.0. The molecule has 2 aromatic heterocycles. The van der Waals surface area contributed by atoms with Crippen molar-refractivity contribution in [2.24, 2.45) is 5.92 Å². The molecule has 0 spiro atoms. The number of piperazine rings is 1. The Morgan fingerprint density at radius 2 is 1.89 bits per heavy atom. The molecule has 0 unspecified atom stereocenters. The van der Waals surface area contributed by atoms with Gasteiger partial charge in [-0.3, -0.25) is 9.69 Å². The summed E-state index contributed by atoms with van der Waals surface area (Å²) < 4.78 is 5.91. The standard InChI is InChI=1S/C24H29N9O2/c25-15-17-5-9-33(10-6-17)24-29-20-16-27-31-23(34)21(20)22(30-24)28-18-1-3-19(4-2-18)35-14-13-32-11-7-26-8-12-32/h1-4,16-17,26H,5-14H2,(H,31,34)(H,28,29,30). The van der Waals surface area contributed by atoms with E-state index in [-0.39, 0.29) is 11.5 Å². The molecule has 2 fully saturated rings. The van der Waals surface area contributed by atoms with Gasteiger partial charge < -0.3 is 20.3 Å². The van der Waals surface area contributed by atoms with Gasteiger partial charge in [-0.15, -0.1) is 0 Å². The summed E-state index contributed by atoms with van der Waals surface area (Å²) >= 11 is 0. The molecule has 0 amide bonds. The summed E-state index contributed by atoms with van der Waals surface area (Å²) in [7, 11) is 0. The number of rotatable bonds is 7. The predicted molar refractivity (Wildman–Crippen MR) is 133 cm³/mol. The van der Waals surface area contributed by atoms with E-state index in [1.165, 1.54) is 6.20 Å². The minimum absolute atomic E-state index is 0.0615. The summed E-state index contributed by atoms with van der Waals surface area (Å²) in [6.45, 7) is 7.07. The lowest BCUT2D eigenvalue weighted by Crippen LogP contribution is -2.44. The SMILES string of the molecule is N#CC1CCN(c2nc(Nc3ccc(OCCN4CCNCC4)cc3)c3c(=O)[nH]ncc3n2)CC1. The van der Waals surface area contributed by atoms with E-state index in [1.54, 1.807) is 0 Å². The second kappa shape index (κ2) is 10.7. The summed E-state index contributed by atoms with van der Waals surface area (Å²) in [4.78, 5) is 26.3. The van der Waals surface area contributed by atoms with Gasteiger partial charge in [-0.05, 0) is 37.1 Å². The number of aromatic amines is 1. The normalized spacial score (nSPS) is 17.3. The largest absolute Gasteiger partial charge is 0.492 e. The fourth-order valence-electron chi connectivity index (χ4n) is 4.43. The van der Waals surface area contributed by atoms with Gasteiger partial charge in [0.1, 0.15) is 29.1 Å². The van der Waals surface area contributed by atoms with Crippen molar-refractivity contribution in [3.05, 3.63) is 40.8 Å². The van der Waals surface area contributed by atoms with Crippen LogP contribution >= 0.6 is 0 Å². The Hall–Kier alpha value is -3.75. The van der Waals surface area contributed by atoms with Gasteiger partial charge >= 0.3 is 0 Å². The third-order valence-corrected chi connectivity index (χ3v) is 6.47. The molecule has 3 N–H and O–H groups in total. The van der Waals surface area contributed by atoms with Crippen LogP contribution in [0, 0.1) is 17.2 Å². The van der Waals surface area contributed by atoms with Crippen molar-refractivity contribution in [3.63, 3.8) is 0 Å². The lowest BCUT2D eigenvalue weighted by atomic mass is 9.99. The van der Waals surface area contributed by atoms with Crippen LogP contribution in [-0.4, -0.2) is 77.5 Å². The fraction of sp³-hybridized carbons (Fsp3) is 0.458. The molecule has 4 heterocycles. The first kappa shape index (κ1) is 23.0. The Morgan fingerprint density at radius 3 is 2.63 bits per heavy atom. The average molecular weight is 476 g/mol. The molecule has 2 aliphatic rings. The van der Waals surface area contributed by atoms with E-state index in [1.807, 2.05) is 24.3 Å². The topological polar surface area (TPSA) is 135 Å². The maximum atomic E-state index is 12.5. The molecule has 2 aliphatic heterocycles. The molecule has 2 saturated heterocycles. The number of nitrogens with zero attached hydrogens (tertiary/aromatic N) is 6. The van der Waals surface area contributed by atoms with Crippen LogP contribution in [0.15, 0.2) is 35.3 Å². The van der Waals surface area contributed by atoms with E-state index in [2.05, 4.69) is 46.7 Å². The molecule has 11 heteroatoms. The van der Waals surface area contributed by atoms with Gasteiger partial charge in [-0.25, -0.2) is 10.1 Å². The second-order valence-corrected chi connectivity index (χ2v) is 8.81. The first-order valence-electron chi connectivity index (χ1n) is 12.0. The molecule has 182 valence electrons. The number of hydrogen-bond donors (Lipinski definition) is 3. The third kappa shape index (κ3) is 5.50. The van der Waals surface area contributed by atoms with Gasteiger partial charge in [-0.2, -0.15) is 15.3 Å². The van der Waals surface area contributed by atoms with Crippen molar-refractivity contribution in [3.8, 4) is 11.8 Å². The number of ether oxygens (including phenoxy) is 1. The molecule has 35 heavy (non-hydrogen) atoms.